The van der Waals surface area contributed by atoms with Gasteiger partial charge in [0.1, 0.15) is 12.4 Å². The van der Waals surface area contributed by atoms with Crippen molar-refractivity contribution in [3.05, 3.63) is 24.3 Å². The Hall–Kier alpha value is -2.19. The first kappa shape index (κ1) is 17.9. The van der Waals surface area contributed by atoms with E-state index < -0.39 is 5.60 Å². The molecule has 0 aliphatic rings. The van der Waals surface area contributed by atoms with Gasteiger partial charge in [-0.2, -0.15) is 0 Å². The standard InChI is InChI=1S/C17H24N2O3/c1-5-10-22-15-9-7-8-14(11-15)19-16(20)18-12-17(4,21)13(3)6-2/h1,7-9,11,13,21H,6,10,12H2,2-4H3,(H2,18,19,20). The predicted molar refractivity (Wildman–Crippen MR) is 87.9 cm³/mol. The highest BCUT2D eigenvalue weighted by molar-refractivity contribution is 5.89. The first-order chi connectivity index (χ1) is 10.4. The molecule has 0 aliphatic heterocycles. The molecule has 2 amide bonds. The molecule has 0 aromatic heterocycles. The summed E-state index contributed by atoms with van der Waals surface area (Å²) < 4.78 is 5.29. The molecule has 2 atom stereocenters. The highest BCUT2D eigenvalue weighted by atomic mass is 16.5. The van der Waals surface area contributed by atoms with Gasteiger partial charge in [0.05, 0.1) is 5.60 Å². The summed E-state index contributed by atoms with van der Waals surface area (Å²) in [6, 6.07) is 6.57. The number of carbonyl (C=O) groups excluding carboxylic acids is 1. The first-order valence-electron chi connectivity index (χ1n) is 7.32. The maximum Gasteiger partial charge on any atom is 0.319 e. The first-order valence-corrected chi connectivity index (χ1v) is 7.32. The molecule has 0 radical (unpaired) electrons. The maximum absolute atomic E-state index is 11.9. The minimum Gasteiger partial charge on any atom is -0.481 e. The van der Waals surface area contributed by atoms with Crippen LogP contribution in [0, 0.1) is 18.3 Å². The van der Waals surface area contributed by atoms with Crippen LogP contribution in [0.15, 0.2) is 24.3 Å². The molecule has 1 rings (SSSR count). The smallest absolute Gasteiger partial charge is 0.319 e. The molecule has 3 N–H and O–H groups in total. The average molecular weight is 304 g/mol. The topological polar surface area (TPSA) is 70.6 Å². The largest absolute Gasteiger partial charge is 0.481 e. The van der Waals surface area contributed by atoms with Crippen LogP contribution in [-0.4, -0.2) is 29.9 Å². The van der Waals surface area contributed by atoms with Crippen LogP contribution in [0.4, 0.5) is 10.5 Å². The number of nitrogens with one attached hydrogen (secondary N) is 2. The van der Waals surface area contributed by atoms with Crippen LogP contribution in [0.2, 0.25) is 0 Å². The van der Waals surface area contributed by atoms with Crippen LogP contribution in [0.5, 0.6) is 5.75 Å². The van der Waals surface area contributed by atoms with Gasteiger partial charge in [-0.25, -0.2) is 4.79 Å². The lowest BCUT2D eigenvalue weighted by atomic mass is 9.89. The second-order valence-corrected chi connectivity index (χ2v) is 5.49. The lowest BCUT2D eigenvalue weighted by Gasteiger charge is -2.29. The molecule has 1 aromatic carbocycles. The summed E-state index contributed by atoms with van der Waals surface area (Å²) in [6.07, 6.45) is 5.97. The van der Waals surface area contributed by atoms with Gasteiger partial charge in [-0.1, -0.05) is 32.3 Å². The highest BCUT2D eigenvalue weighted by Crippen LogP contribution is 2.19. The minimum atomic E-state index is -0.941. The Morgan fingerprint density at radius 1 is 1.55 bits per heavy atom. The number of hydrogen-bond donors (Lipinski definition) is 3. The van der Waals surface area contributed by atoms with Crippen molar-refractivity contribution in [2.45, 2.75) is 32.8 Å². The molecule has 22 heavy (non-hydrogen) atoms. The molecular formula is C17H24N2O3. The number of benzene rings is 1. The van der Waals surface area contributed by atoms with Crippen LogP contribution in [-0.2, 0) is 0 Å². The van der Waals surface area contributed by atoms with E-state index in [4.69, 9.17) is 11.2 Å². The molecule has 0 heterocycles. The second-order valence-electron chi connectivity index (χ2n) is 5.49. The van der Waals surface area contributed by atoms with Crippen molar-refractivity contribution in [3.8, 4) is 18.1 Å². The molecule has 5 nitrogen and oxygen atoms in total. The van der Waals surface area contributed by atoms with Gasteiger partial charge in [0.2, 0.25) is 0 Å². The second kappa shape index (κ2) is 8.30. The van der Waals surface area contributed by atoms with Crippen molar-refractivity contribution in [3.63, 3.8) is 0 Å². The summed E-state index contributed by atoms with van der Waals surface area (Å²) in [6.45, 7) is 6.02. The number of carbonyl (C=O) groups is 1. The number of amides is 2. The van der Waals surface area contributed by atoms with E-state index in [-0.39, 0.29) is 25.1 Å². The minimum absolute atomic E-state index is 0.0910. The Bertz CT molecular complexity index is 535. The van der Waals surface area contributed by atoms with E-state index in [0.717, 1.165) is 6.42 Å². The summed E-state index contributed by atoms with van der Waals surface area (Å²) in [7, 11) is 0. The molecule has 0 bridgehead atoms. The van der Waals surface area contributed by atoms with E-state index >= 15 is 0 Å². The van der Waals surface area contributed by atoms with Crippen molar-refractivity contribution < 1.29 is 14.6 Å². The van der Waals surface area contributed by atoms with E-state index in [1.165, 1.54) is 0 Å². The Kier molecular flexibility index (Phi) is 6.74. The van der Waals surface area contributed by atoms with Gasteiger partial charge < -0.3 is 20.5 Å². The zero-order valence-corrected chi connectivity index (χ0v) is 13.3. The summed E-state index contributed by atoms with van der Waals surface area (Å²) in [4.78, 5) is 11.9. The summed E-state index contributed by atoms with van der Waals surface area (Å²) in [5, 5.41) is 15.6. The number of anilines is 1. The zero-order valence-electron chi connectivity index (χ0n) is 13.3. The molecular weight excluding hydrogens is 280 g/mol. The van der Waals surface area contributed by atoms with Crippen molar-refractivity contribution >= 4 is 11.7 Å². The molecule has 0 saturated carbocycles. The molecule has 5 heteroatoms. The quantitative estimate of drug-likeness (QED) is 0.678. The van der Waals surface area contributed by atoms with Gasteiger partial charge in [-0.15, -0.1) is 6.42 Å². The van der Waals surface area contributed by atoms with Crippen LogP contribution >= 0.6 is 0 Å². The third kappa shape index (κ3) is 5.66. The molecule has 2 unspecified atom stereocenters. The highest BCUT2D eigenvalue weighted by Gasteiger charge is 2.27. The molecule has 0 fully saturated rings. The fourth-order valence-electron chi connectivity index (χ4n) is 1.84. The van der Waals surface area contributed by atoms with Gasteiger partial charge in [-0.05, 0) is 25.0 Å². The lowest BCUT2D eigenvalue weighted by molar-refractivity contribution is 0.00827. The number of ether oxygens (including phenoxy) is 1. The van der Waals surface area contributed by atoms with Gasteiger partial charge in [0.25, 0.3) is 0 Å². The van der Waals surface area contributed by atoms with Crippen molar-refractivity contribution in [2.24, 2.45) is 5.92 Å². The Morgan fingerprint density at radius 3 is 2.91 bits per heavy atom. The van der Waals surface area contributed by atoms with E-state index in [1.54, 1.807) is 31.2 Å². The number of hydrogen-bond acceptors (Lipinski definition) is 3. The monoisotopic (exact) mass is 304 g/mol. The SMILES string of the molecule is C#CCOc1cccc(NC(=O)NCC(C)(O)C(C)CC)c1. The van der Waals surface area contributed by atoms with Crippen LogP contribution in [0.3, 0.4) is 0 Å². The Labute approximate surface area is 132 Å². The third-order valence-corrected chi connectivity index (χ3v) is 3.69. The third-order valence-electron chi connectivity index (χ3n) is 3.69. The van der Waals surface area contributed by atoms with E-state index in [0.29, 0.717) is 11.4 Å². The lowest BCUT2D eigenvalue weighted by Crippen LogP contribution is -2.46. The Morgan fingerprint density at radius 2 is 2.27 bits per heavy atom. The van der Waals surface area contributed by atoms with Crippen molar-refractivity contribution in [2.75, 3.05) is 18.5 Å². The van der Waals surface area contributed by atoms with E-state index in [1.807, 2.05) is 13.8 Å². The maximum atomic E-state index is 11.9. The number of terminal acetylenes is 1. The zero-order chi connectivity index (χ0) is 16.6. The normalized spacial score (nSPS) is 14.3. The number of rotatable bonds is 7. The number of aliphatic hydroxyl groups is 1. The van der Waals surface area contributed by atoms with Crippen LogP contribution < -0.4 is 15.4 Å². The van der Waals surface area contributed by atoms with Gasteiger partial charge in [-0.3, -0.25) is 0 Å². The predicted octanol–water partition coefficient (Wildman–Crippen LogP) is 2.62. The fourth-order valence-corrected chi connectivity index (χ4v) is 1.84. The average Bonchev–Trinajstić information content (AvgIpc) is 2.50. The number of urea groups is 1. The molecule has 0 aliphatic carbocycles. The fraction of sp³-hybridized carbons (Fsp3) is 0.471. The van der Waals surface area contributed by atoms with E-state index in [9.17, 15) is 9.90 Å². The van der Waals surface area contributed by atoms with Gasteiger partial charge in [0, 0.05) is 18.3 Å². The van der Waals surface area contributed by atoms with Crippen molar-refractivity contribution in [1.29, 1.82) is 0 Å². The summed E-state index contributed by atoms with van der Waals surface area (Å²) in [5.74, 6) is 3.06. The summed E-state index contributed by atoms with van der Waals surface area (Å²) >= 11 is 0. The molecule has 0 spiro atoms. The molecule has 120 valence electrons. The van der Waals surface area contributed by atoms with Gasteiger partial charge >= 0.3 is 6.03 Å². The van der Waals surface area contributed by atoms with Gasteiger partial charge in [0.15, 0.2) is 0 Å². The van der Waals surface area contributed by atoms with Crippen LogP contribution in [0.25, 0.3) is 0 Å². The molecule has 1 aromatic rings. The molecule has 0 saturated heterocycles. The van der Waals surface area contributed by atoms with Crippen molar-refractivity contribution in [1.82, 2.24) is 5.32 Å². The van der Waals surface area contributed by atoms with Crippen LogP contribution in [0.1, 0.15) is 27.2 Å². The summed E-state index contributed by atoms with van der Waals surface area (Å²) in [5.41, 5.74) is -0.348. The Balaban J connectivity index is 2.53. The van der Waals surface area contributed by atoms with E-state index in [2.05, 4.69) is 16.6 Å².